The van der Waals surface area contributed by atoms with E-state index in [1.807, 2.05) is 9.80 Å². The number of ether oxygens (including phenoxy) is 1. The first-order chi connectivity index (χ1) is 11.6. The van der Waals surface area contributed by atoms with Crippen molar-refractivity contribution in [2.24, 2.45) is 0 Å². The predicted octanol–water partition coefficient (Wildman–Crippen LogP) is 0.364. The molecular weight excluding hydrogens is 379 g/mol. The normalized spacial score (nSPS) is 27.3. The molecule has 3 rings (SSSR count). The molecule has 0 aliphatic carbocycles. The Labute approximate surface area is 168 Å². The van der Waals surface area contributed by atoms with Gasteiger partial charge in [-0.15, -0.1) is 24.8 Å². The maximum absolute atomic E-state index is 12.5. The van der Waals surface area contributed by atoms with Gasteiger partial charge < -0.3 is 19.9 Å². The van der Waals surface area contributed by atoms with Crippen LogP contribution in [0.3, 0.4) is 0 Å². The van der Waals surface area contributed by atoms with Crippen LogP contribution in [-0.2, 0) is 14.3 Å². The molecule has 9 heteroatoms. The third kappa shape index (κ3) is 5.96. The molecule has 0 spiro atoms. The second-order valence-electron chi connectivity index (χ2n) is 7.10. The number of nitrogens with one attached hydrogen (secondary N) is 1. The summed E-state index contributed by atoms with van der Waals surface area (Å²) in [4.78, 5) is 31.0. The van der Waals surface area contributed by atoms with E-state index in [1.165, 1.54) is 6.42 Å². The first kappa shape index (κ1) is 23.4. The molecule has 2 amide bonds. The first-order valence-corrected chi connectivity index (χ1v) is 9.28. The molecule has 0 aromatic heterocycles. The van der Waals surface area contributed by atoms with Crippen molar-refractivity contribution in [3.8, 4) is 0 Å². The number of rotatable bonds is 3. The second kappa shape index (κ2) is 11.3. The fourth-order valence-electron chi connectivity index (χ4n) is 3.80. The summed E-state index contributed by atoms with van der Waals surface area (Å²) in [6, 6.07) is 0.366. The average molecular weight is 411 g/mol. The van der Waals surface area contributed by atoms with Crippen LogP contribution in [-0.4, -0.2) is 97.6 Å². The monoisotopic (exact) mass is 410 g/mol. The van der Waals surface area contributed by atoms with E-state index >= 15 is 0 Å². The van der Waals surface area contributed by atoms with Crippen LogP contribution in [0.4, 0.5) is 0 Å². The number of likely N-dealkylation sites (tertiary alicyclic amines) is 1. The van der Waals surface area contributed by atoms with Crippen molar-refractivity contribution in [3.05, 3.63) is 0 Å². The smallest absolute Gasteiger partial charge is 0.253 e. The predicted molar refractivity (Wildman–Crippen MR) is 105 cm³/mol. The van der Waals surface area contributed by atoms with Gasteiger partial charge in [-0.1, -0.05) is 0 Å². The molecule has 0 aromatic rings. The summed E-state index contributed by atoms with van der Waals surface area (Å²) in [7, 11) is 0. The molecule has 7 nitrogen and oxygen atoms in total. The van der Waals surface area contributed by atoms with Crippen molar-refractivity contribution < 1.29 is 14.3 Å². The Hall–Kier alpha value is -0.600. The summed E-state index contributed by atoms with van der Waals surface area (Å²) in [5.41, 5.74) is 0. The van der Waals surface area contributed by atoms with E-state index in [9.17, 15) is 9.59 Å². The number of amides is 2. The lowest BCUT2D eigenvalue weighted by molar-refractivity contribution is -0.147. The molecule has 26 heavy (non-hydrogen) atoms. The van der Waals surface area contributed by atoms with Crippen molar-refractivity contribution in [2.45, 2.75) is 38.3 Å². The lowest BCUT2D eigenvalue weighted by Gasteiger charge is -2.39. The molecule has 0 saturated carbocycles. The topological polar surface area (TPSA) is 65.1 Å². The van der Waals surface area contributed by atoms with Crippen LogP contribution < -0.4 is 5.32 Å². The van der Waals surface area contributed by atoms with E-state index in [0.717, 1.165) is 39.0 Å². The van der Waals surface area contributed by atoms with Crippen LogP contribution in [0.15, 0.2) is 0 Å². The summed E-state index contributed by atoms with van der Waals surface area (Å²) in [5.74, 6) is 0.319. The van der Waals surface area contributed by atoms with Crippen molar-refractivity contribution in [3.63, 3.8) is 0 Å². The van der Waals surface area contributed by atoms with Gasteiger partial charge in [-0.25, -0.2) is 0 Å². The maximum Gasteiger partial charge on any atom is 0.253 e. The van der Waals surface area contributed by atoms with E-state index in [-0.39, 0.29) is 42.7 Å². The van der Waals surface area contributed by atoms with E-state index in [2.05, 4.69) is 17.1 Å². The summed E-state index contributed by atoms with van der Waals surface area (Å²) in [6.07, 6.45) is 3.11. The molecule has 3 aliphatic heterocycles. The fraction of sp³-hybridized carbons (Fsp3) is 0.882. The molecule has 0 radical (unpaired) electrons. The zero-order valence-electron chi connectivity index (χ0n) is 15.5. The van der Waals surface area contributed by atoms with Gasteiger partial charge >= 0.3 is 0 Å². The van der Waals surface area contributed by atoms with Gasteiger partial charge in [-0.05, 0) is 26.2 Å². The van der Waals surface area contributed by atoms with E-state index in [4.69, 9.17) is 4.74 Å². The van der Waals surface area contributed by atoms with Gasteiger partial charge in [-0.3, -0.25) is 14.5 Å². The van der Waals surface area contributed by atoms with Crippen molar-refractivity contribution in [1.82, 2.24) is 20.0 Å². The standard InChI is InChI=1S/C17H30N4O3.2ClH/c1-14-4-2-3-6-21(14)16(22)13-19-7-9-20(10-8-19)17(23)15-12-18-5-11-24-15;;/h14-15,18H,2-13H2,1H3;2*1H. The lowest BCUT2D eigenvalue weighted by Crippen LogP contribution is -2.56. The Morgan fingerprint density at radius 3 is 2.42 bits per heavy atom. The molecular formula is C17H32Cl2N4O3. The Balaban J connectivity index is 0.00000169. The molecule has 2 atom stereocenters. The summed E-state index contributed by atoms with van der Waals surface area (Å²) >= 11 is 0. The van der Waals surface area contributed by atoms with Crippen molar-refractivity contribution in [1.29, 1.82) is 0 Å². The highest BCUT2D eigenvalue weighted by Gasteiger charge is 2.31. The van der Waals surface area contributed by atoms with Crippen LogP contribution in [0.25, 0.3) is 0 Å². The van der Waals surface area contributed by atoms with Gasteiger partial charge in [0.1, 0.15) is 6.10 Å². The number of piperazine rings is 1. The SMILES string of the molecule is CC1CCCCN1C(=O)CN1CCN(C(=O)C2CNCCO2)CC1.Cl.Cl. The lowest BCUT2D eigenvalue weighted by atomic mass is 10.0. The minimum atomic E-state index is -0.346. The third-order valence-corrected chi connectivity index (χ3v) is 5.37. The Bertz CT molecular complexity index is 455. The zero-order chi connectivity index (χ0) is 16.9. The summed E-state index contributed by atoms with van der Waals surface area (Å²) < 4.78 is 5.55. The molecule has 3 fully saturated rings. The maximum atomic E-state index is 12.5. The molecule has 0 bridgehead atoms. The Kier molecular flexibility index (Phi) is 10.2. The largest absolute Gasteiger partial charge is 0.366 e. The quantitative estimate of drug-likeness (QED) is 0.727. The van der Waals surface area contributed by atoms with Crippen LogP contribution >= 0.6 is 24.8 Å². The molecule has 152 valence electrons. The van der Waals surface area contributed by atoms with Gasteiger partial charge in [-0.2, -0.15) is 0 Å². The molecule has 3 heterocycles. The minimum absolute atomic E-state index is 0. The summed E-state index contributed by atoms with van der Waals surface area (Å²) in [5, 5.41) is 3.20. The van der Waals surface area contributed by atoms with E-state index < -0.39 is 0 Å². The molecule has 3 aliphatic rings. The van der Waals surface area contributed by atoms with Gasteiger partial charge in [0, 0.05) is 51.9 Å². The second-order valence-corrected chi connectivity index (χ2v) is 7.10. The fourth-order valence-corrected chi connectivity index (χ4v) is 3.80. The highest BCUT2D eigenvalue weighted by atomic mass is 35.5. The van der Waals surface area contributed by atoms with E-state index in [1.54, 1.807) is 0 Å². The van der Waals surface area contributed by atoms with Crippen LogP contribution in [0.5, 0.6) is 0 Å². The van der Waals surface area contributed by atoms with Gasteiger partial charge in [0.15, 0.2) is 0 Å². The van der Waals surface area contributed by atoms with Crippen LogP contribution in [0, 0.1) is 0 Å². The van der Waals surface area contributed by atoms with Crippen LogP contribution in [0.2, 0.25) is 0 Å². The van der Waals surface area contributed by atoms with Crippen molar-refractivity contribution >= 4 is 36.6 Å². The molecule has 2 unspecified atom stereocenters. The van der Waals surface area contributed by atoms with Gasteiger partial charge in [0.2, 0.25) is 5.91 Å². The van der Waals surface area contributed by atoms with Gasteiger partial charge in [0.05, 0.1) is 13.2 Å². The van der Waals surface area contributed by atoms with E-state index in [0.29, 0.717) is 38.8 Å². The first-order valence-electron chi connectivity index (χ1n) is 9.28. The molecule has 1 N–H and O–H groups in total. The Morgan fingerprint density at radius 2 is 1.81 bits per heavy atom. The molecule has 0 aromatic carbocycles. The number of hydrogen-bond acceptors (Lipinski definition) is 5. The van der Waals surface area contributed by atoms with Crippen LogP contribution in [0.1, 0.15) is 26.2 Å². The number of morpholine rings is 1. The van der Waals surface area contributed by atoms with Gasteiger partial charge in [0.25, 0.3) is 5.91 Å². The minimum Gasteiger partial charge on any atom is -0.366 e. The molecule has 3 saturated heterocycles. The number of carbonyl (C=O) groups is 2. The highest BCUT2D eigenvalue weighted by molar-refractivity contribution is 5.85. The number of carbonyl (C=O) groups excluding carboxylic acids is 2. The number of piperidine rings is 1. The number of halogens is 2. The number of hydrogen-bond donors (Lipinski definition) is 1. The summed E-state index contributed by atoms with van der Waals surface area (Å²) in [6.45, 7) is 8.42. The Morgan fingerprint density at radius 1 is 1.08 bits per heavy atom. The third-order valence-electron chi connectivity index (χ3n) is 5.37. The average Bonchev–Trinajstić information content (AvgIpc) is 2.63. The highest BCUT2D eigenvalue weighted by Crippen LogP contribution is 2.17. The zero-order valence-corrected chi connectivity index (χ0v) is 17.2. The number of nitrogens with zero attached hydrogens (tertiary/aromatic N) is 3. The van der Waals surface area contributed by atoms with Crippen molar-refractivity contribution in [2.75, 3.05) is 59.0 Å².